The summed E-state index contributed by atoms with van der Waals surface area (Å²) in [4.78, 5) is 11.3. The summed E-state index contributed by atoms with van der Waals surface area (Å²) in [5.74, 6) is -1.15. The molecule has 1 amide bonds. The lowest BCUT2D eigenvalue weighted by molar-refractivity contribution is -0.116. The van der Waals surface area contributed by atoms with Crippen LogP contribution in [0.25, 0.3) is 0 Å². The zero-order chi connectivity index (χ0) is 12.0. The highest BCUT2D eigenvalue weighted by atomic mass is 32.2. The fourth-order valence-electron chi connectivity index (χ4n) is 1.17. The fraction of sp³-hybridized carbons (Fsp3) is 0.364. The first-order valence-electron chi connectivity index (χ1n) is 4.87. The summed E-state index contributed by atoms with van der Waals surface area (Å²) in [5.41, 5.74) is 0.285. The minimum Gasteiger partial charge on any atom is -0.326 e. The van der Waals surface area contributed by atoms with Crippen LogP contribution in [0.5, 0.6) is 0 Å². The van der Waals surface area contributed by atoms with E-state index in [0.29, 0.717) is 6.42 Å². The number of thioether (sulfide) groups is 1. The van der Waals surface area contributed by atoms with Gasteiger partial charge in [0.15, 0.2) is 11.6 Å². The van der Waals surface area contributed by atoms with Gasteiger partial charge < -0.3 is 5.32 Å². The minimum atomic E-state index is -0.957. The standard InChI is InChI=1S/C11H13F2NOS/c1-16-6-2-3-11(15)14-8-4-5-9(12)10(13)7-8/h4-5,7H,2-3,6H2,1H3,(H,14,15). The topological polar surface area (TPSA) is 29.1 Å². The van der Waals surface area contributed by atoms with Crippen molar-refractivity contribution in [1.82, 2.24) is 0 Å². The SMILES string of the molecule is CSCCCC(=O)Nc1ccc(F)c(F)c1. The molecule has 5 heteroatoms. The van der Waals surface area contributed by atoms with Crippen LogP contribution in [0, 0.1) is 11.6 Å². The quantitative estimate of drug-likeness (QED) is 0.808. The van der Waals surface area contributed by atoms with Crippen molar-refractivity contribution in [3.8, 4) is 0 Å². The molecule has 88 valence electrons. The van der Waals surface area contributed by atoms with Crippen LogP contribution in [-0.4, -0.2) is 17.9 Å². The molecule has 1 rings (SSSR count). The second-order valence-corrected chi connectivity index (χ2v) is 4.26. The van der Waals surface area contributed by atoms with Crippen LogP contribution in [0.2, 0.25) is 0 Å². The normalized spacial score (nSPS) is 10.2. The summed E-state index contributed by atoms with van der Waals surface area (Å²) >= 11 is 1.66. The molecule has 0 aliphatic rings. The van der Waals surface area contributed by atoms with Gasteiger partial charge >= 0.3 is 0 Å². The predicted molar refractivity (Wildman–Crippen MR) is 62.6 cm³/mol. The van der Waals surface area contributed by atoms with Gasteiger partial charge in [-0.15, -0.1) is 0 Å². The Bertz CT molecular complexity index is 371. The van der Waals surface area contributed by atoms with Gasteiger partial charge in [-0.1, -0.05) is 0 Å². The number of nitrogens with one attached hydrogen (secondary N) is 1. The number of rotatable bonds is 5. The number of hydrogen-bond acceptors (Lipinski definition) is 2. The molecule has 1 aromatic carbocycles. The van der Waals surface area contributed by atoms with E-state index in [1.807, 2.05) is 6.26 Å². The van der Waals surface area contributed by atoms with Gasteiger partial charge in [-0.05, 0) is 30.6 Å². The van der Waals surface area contributed by atoms with Crippen molar-refractivity contribution in [2.45, 2.75) is 12.8 Å². The van der Waals surface area contributed by atoms with E-state index in [1.165, 1.54) is 6.07 Å². The summed E-state index contributed by atoms with van der Waals surface area (Å²) in [5, 5.41) is 2.51. The third-order valence-electron chi connectivity index (χ3n) is 1.96. The molecule has 0 atom stereocenters. The molecular weight excluding hydrogens is 232 g/mol. The lowest BCUT2D eigenvalue weighted by Gasteiger charge is -2.05. The van der Waals surface area contributed by atoms with Crippen LogP contribution >= 0.6 is 11.8 Å². The van der Waals surface area contributed by atoms with Gasteiger partial charge in [0.2, 0.25) is 5.91 Å². The molecule has 0 saturated carbocycles. The maximum Gasteiger partial charge on any atom is 0.224 e. The average molecular weight is 245 g/mol. The van der Waals surface area contributed by atoms with E-state index in [9.17, 15) is 13.6 Å². The van der Waals surface area contributed by atoms with E-state index in [2.05, 4.69) is 5.32 Å². The highest BCUT2D eigenvalue weighted by Gasteiger charge is 2.05. The maximum absolute atomic E-state index is 12.8. The molecule has 1 N–H and O–H groups in total. The van der Waals surface area contributed by atoms with E-state index >= 15 is 0 Å². The molecular formula is C11H13F2NOS. The molecule has 0 bridgehead atoms. The van der Waals surface area contributed by atoms with Crippen molar-refractivity contribution in [3.05, 3.63) is 29.8 Å². The van der Waals surface area contributed by atoms with E-state index in [-0.39, 0.29) is 11.6 Å². The van der Waals surface area contributed by atoms with E-state index in [0.717, 1.165) is 24.3 Å². The summed E-state index contributed by atoms with van der Waals surface area (Å²) < 4.78 is 25.4. The first-order valence-corrected chi connectivity index (χ1v) is 6.26. The third-order valence-corrected chi connectivity index (χ3v) is 2.65. The average Bonchev–Trinajstić information content (AvgIpc) is 2.24. The number of benzene rings is 1. The van der Waals surface area contributed by atoms with Crippen molar-refractivity contribution in [2.75, 3.05) is 17.3 Å². The lowest BCUT2D eigenvalue weighted by atomic mass is 10.2. The highest BCUT2D eigenvalue weighted by molar-refractivity contribution is 7.98. The van der Waals surface area contributed by atoms with E-state index in [1.54, 1.807) is 11.8 Å². The molecule has 0 heterocycles. The summed E-state index contributed by atoms with van der Waals surface area (Å²) in [6.45, 7) is 0. The molecule has 0 radical (unpaired) electrons. The zero-order valence-corrected chi connectivity index (χ0v) is 9.74. The Balaban J connectivity index is 2.46. The van der Waals surface area contributed by atoms with Crippen LogP contribution < -0.4 is 5.32 Å². The number of carbonyl (C=O) groups is 1. The summed E-state index contributed by atoms with van der Waals surface area (Å²) in [6.07, 6.45) is 3.13. The Morgan fingerprint density at radius 1 is 1.38 bits per heavy atom. The molecule has 16 heavy (non-hydrogen) atoms. The van der Waals surface area contributed by atoms with Crippen LogP contribution in [0.3, 0.4) is 0 Å². The van der Waals surface area contributed by atoms with Crippen molar-refractivity contribution in [3.63, 3.8) is 0 Å². The van der Waals surface area contributed by atoms with Gasteiger partial charge in [0.25, 0.3) is 0 Å². The molecule has 0 aromatic heterocycles. The molecule has 0 spiro atoms. The van der Waals surface area contributed by atoms with Gasteiger partial charge in [0.1, 0.15) is 0 Å². The molecule has 1 aromatic rings. The number of hydrogen-bond donors (Lipinski definition) is 1. The first-order chi connectivity index (χ1) is 7.63. The van der Waals surface area contributed by atoms with Gasteiger partial charge in [0.05, 0.1) is 0 Å². The Labute approximate surface area is 97.4 Å². The fourth-order valence-corrected chi connectivity index (χ4v) is 1.61. The van der Waals surface area contributed by atoms with Crippen LogP contribution in [0.1, 0.15) is 12.8 Å². The van der Waals surface area contributed by atoms with Gasteiger partial charge in [-0.2, -0.15) is 11.8 Å². The van der Waals surface area contributed by atoms with Crippen molar-refractivity contribution < 1.29 is 13.6 Å². The maximum atomic E-state index is 12.8. The van der Waals surface area contributed by atoms with E-state index < -0.39 is 11.6 Å². The highest BCUT2D eigenvalue weighted by Crippen LogP contribution is 2.13. The van der Waals surface area contributed by atoms with E-state index in [4.69, 9.17) is 0 Å². The van der Waals surface area contributed by atoms with Gasteiger partial charge in [-0.25, -0.2) is 8.78 Å². The Morgan fingerprint density at radius 3 is 2.75 bits per heavy atom. The molecule has 0 saturated heterocycles. The van der Waals surface area contributed by atoms with Crippen LogP contribution in [-0.2, 0) is 4.79 Å². The smallest absolute Gasteiger partial charge is 0.224 e. The van der Waals surface area contributed by atoms with Crippen molar-refractivity contribution in [1.29, 1.82) is 0 Å². The number of amides is 1. The number of halogens is 2. The monoisotopic (exact) mass is 245 g/mol. The van der Waals surface area contributed by atoms with Crippen molar-refractivity contribution >= 4 is 23.4 Å². The summed E-state index contributed by atoms with van der Waals surface area (Å²) in [7, 11) is 0. The second kappa shape index (κ2) is 6.48. The third kappa shape index (κ3) is 4.18. The number of anilines is 1. The lowest BCUT2D eigenvalue weighted by Crippen LogP contribution is -2.11. The van der Waals surface area contributed by atoms with Gasteiger partial charge in [0, 0.05) is 18.2 Å². The molecule has 0 unspecified atom stereocenters. The largest absolute Gasteiger partial charge is 0.326 e. The molecule has 2 nitrogen and oxygen atoms in total. The summed E-state index contributed by atoms with van der Waals surface area (Å²) in [6, 6.07) is 3.31. The van der Waals surface area contributed by atoms with Gasteiger partial charge in [-0.3, -0.25) is 4.79 Å². The molecule has 0 fully saturated rings. The second-order valence-electron chi connectivity index (χ2n) is 3.27. The van der Waals surface area contributed by atoms with Crippen LogP contribution in [0.4, 0.5) is 14.5 Å². The molecule has 0 aliphatic heterocycles. The van der Waals surface area contributed by atoms with Crippen molar-refractivity contribution in [2.24, 2.45) is 0 Å². The van der Waals surface area contributed by atoms with Crippen LogP contribution in [0.15, 0.2) is 18.2 Å². The minimum absolute atomic E-state index is 0.181. The predicted octanol–water partition coefficient (Wildman–Crippen LogP) is 3.05. The Hall–Kier alpha value is -1.10. The number of carbonyl (C=O) groups excluding carboxylic acids is 1. The first kappa shape index (κ1) is 13.0. The Morgan fingerprint density at radius 2 is 2.12 bits per heavy atom. The molecule has 0 aliphatic carbocycles. The Kier molecular flexibility index (Phi) is 5.25. The zero-order valence-electron chi connectivity index (χ0n) is 8.93.